The molecular weight excluding hydrogens is 518 g/mol. The number of fused-ring (bicyclic) bond motifs is 1. The molecule has 1 fully saturated rings. The van der Waals surface area contributed by atoms with Gasteiger partial charge >= 0.3 is 5.97 Å². The molecule has 2 aliphatic heterocycles. The molecule has 38 heavy (non-hydrogen) atoms. The first-order chi connectivity index (χ1) is 18.1. The average Bonchev–Trinajstić information content (AvgIpc) is 3.41. The number of aliphatic carboxylic acids is 1. The van der Waals surface area contributed by atoms with Crippen molar-refractivity contribution >= 4 is 39.4 Å². The Bertz CT molecular complexity index is 1400. The van der Waals surface area contributed by atoms with Crippen molar-refractivity contribution in [2.24, 2.45) is 0 Å². The number of unbranched alkanes of at least 4 members (excludes halogenated alkanes) is 2. The fourth-order valence-electron chi connectivity index (χ4n) is 4.58. The summed E-state index contributed by atoms with van der Waals surface area (Å²) in [5.41, 5.74) is 0.378. The first-order valence-electron chi connectivity index (χ1n) is 12.3. The molecule has 4 rings (SSSR count). The van der Waals surface area contributed by atoms with E-state index in [-0.39, 0.29) is 41.0 Å². The highest BCUT2D eigenvalue weighted by Gasteiger charge is 2.46. The van der Waals surface area contributed by atoms with Crippen molar-refractivity contribution in [1.82, 2.24) is 25.2 Å². The largest absolute Gasteiger partial charge is 0.481 e. The quantitative estimate of drug-likeness (QED) is 0.284. The van der Waals surface area contributed by atoms with Gasteiger partial charge in [-0.1, -0.05) is 17.7 Å². The lowest BCUT2D eigenvalue weighted by Gasteiger charge is -2.27. The van der Waals surface area contributed by atoms with Crippen LogP contribution in [-0.2, 0) is 37.2 Å². The Morgan fingerprint density at radius 1 is 1.08 bits per heavy atom. The minimum absolute atomic E-state index is 0.0200. The number of hydrogen-bond acceptors (Lipinski definition) is 9. The molecule has 1 saturated heterocycles. The van der Waals surface area contributed by atoms with E-state index < -0.39 is 45.5 Å². The Labute approximate surface area is 218 Å². The lowest BCUT2D eigenvalue weighted by molar-refractivity contribution is -0.138. The van der Waals surface area contributed by atoms with Crippen LogP contribution in [0, 0.1) is 0 Å². The number of hydrogen-bond donors (Lipinski definition) is 2. The summed E-state index contributed by atoms with van der Waals surface area (Å²) in [6.07, 6.45) is 4.21. The first kappa shape index (κ1) is 27.1. The van der Waals surface area contributed by atoms with Gasteiger partial charge in [0.25, 0.3) is 11.8 Å². The van der Waals surface area contributed by atoms with E-state index in [0.717, 1.165) is 4.90 Å². The van der Waals surface area contributed by atoms with Gasteiger partial charge < -0.3 is 5.11 Å². The Kier molecular flexibility index (Phi) is 7.99. The molecule has 0 saturated carbocycles. The normalized spacial score (nSPS) is 17.6. The summed E-state index contributed by atoms with van der Waals surface area (Å²) in [5.74, 6) is -3.97. The summed E-state index contributed by atoms with van der Waals surface area (Å²) in [6, 6.07) is 2.86. The van der Waals surface area contributed by atoms with Crippen LogP contribution >= 0.6 is 0 Å². The van der Waals surface area contributed by atoms with Gasteiger partial charge in [-0.25, -0.2) is 8.42 Å². The molecule has 14 heteroatoms. The third-order valence-corrected chi connectivity index (χ3v) is 8.31. The van der Waals surface area contributed by atoms with Crippen LogP contribution in [0.2, 0.25) is 0 Å². The van der Waals surface area contributed by atoms with Crippen LogP contribution in [0.4, 0.5) is 0 Å². The molecule has 3 heterocycles. The second-order valence-electron chi connectivity index (χ2n) is 9.23. The number of nitrogens with one attached hydrogen (secondary N) is 1. The van der Waals surface area contributed by atoms with Crippen LogP contribution < -0.4 is 5.32 Å². The molecule has 202 valence electrons. The molecule has 2 N–H and O–H groups in total. The first-order valence-corrected chi connectivity index (χ1v) is 13.9. The summed E-state index contributed by atoms with van der Waals surface area (Å²) in [7, 11) is -3.91. The van der Waals surface area contributed by atoms with Gasteiger partial charge in [0, 0.05) is 25.6 Å². The SMILES string of the molecule is O=C(O)CCCc1cn(CCCCCS(=O)(=O)c2cccc3c2C(=O)N(C2CCC(=O)NC2=O)C3=O)nn1. The summed E-state index contributed by atoms with van der Waals surface area (Å²) < 4.78 is 27.9. The van der Waals surface area contributed by atoms with Crippen molar-refractivity contribution in [3.63, 3.8) is 0 Å². The number of aromatic nitrogens is 3. The highest BCUT2D eigenvalue weighted by atomic mass is 32.2. The van der Waals surface area contributed by atoms with Gasteiger partial charge in [0.15, 0.2) is 9.84 Å². The zero-order valence-electron chi connectivity index (χ0n) is 20.5. The van der Waals surface area contributed by atoms with E-state index in [1.165, 1.54) is 18.2 Å². The van der Waals surface area contributed by atoms with Crippen molar-refractivity contribution in [3.8, 4) is 0 Å². The van der Waals surface area contributed by atoms with Gasteiger partial charge in [-0.3, -0.25) is 38.9 Å². The van der Waals surface area contributed by atoms with Gasteiger partial charge in [0.1, 0.15) is 6.04 Å². The lowest BCUT2D eigenvalue weighted by atomic mass is 10.0. The maximum atomic E-state index is 13.2. The number of carbonyl (C=O) groups is 5. The average molecular weight is 546 g/mol. The van der Waals surface area contributed by atoms with E-state index in [1.54, 1.807) is 10.9 Å². The van der Waals surface area contributed by atoms with Crippen LogP contribution in [0.15, 0.2) is 29.3 Å². The number of carboxylic acid groups (broad SMARTS) is 1. The lowest BCUT2D eigenvalue weighted by Crippen LogP contribution is -2.54. The van der Waals surface area contributed by atoms with Gasteiger partial charge in [-0.05, 0) is 44.2 Å². The van der Waals surface area contributed by atoms with E-state index in [9.17, 15) is 32.4 Å². The molecule has 0 bridgehead atoms. The van der Waals surface area contributed by atoms with Gasteiger partial charge in [-0.2, -0.15) is 0 Å². The Hall–Kier alpha value is -3.94. The third kappa shape index (κ3) is 5.79. The fourth-order valence-corrected chi connectivity index (χ4v) is 6.18. The third-order valence-electron chi connectivity index (χ3n) is 6.47. The van der Waals surface area contributed by atoms with E-state index in [4.69, 9.17) is 5.11 Å². The molecule has 1 unspecified atom stereocenters. The number of piperidine rings is 1. The predicted molar refractivity (Wildman–Crippen MR) is 130 cm³/mol. The van der Waals surface area contributed by atoms with E-state index in [1.807, 2.05) is 0 Å². The van der Waals surface area contributed by atoms with Crippen LogP contribution in [0.25, 0.3) is 0 Å². The van der Waals surface area contributed by atoms with E-state index in [0.29, 0.717) is 44.3 Å². The Morgan fingerprint density at radius 3 is 2.61 bits per heavy atom. The van der Waals surface area contributed by atoms with Crippen molar-refractivity contribution in [2.75, 3.05) is 5.75 Å². The highest BCUT2D eigenvalue weighted by molar-refractivity contribution is 7.91. The number of imide groups is 2. The molecular formula is C24H27N5O8S. The number of carboxylic acids is 1. The summed E-state index contributed by atoms with van der Waals surface area (Å²) in [6.45, 7) is 0.515. The molecule has 2 aliphatic rings. The topological polar surface area (TPSA) is 186 Å². The molecule has 0 spiro atoms. The minimum Gasteiger partial charge on any atom is -0.481 e. The zero-order chi connectivity index (χ0) is 27.4. The number of benzene rings is 1. The highest BCUT2D eigenvalue weighted by Crippen LogP contribution is 2.32. The van der Waals surface area contributed by atoms with Crippen LogP contribution in [0.5, 0.6) is 0 Å². The minimum atomic E-state index is -3.91. The number of amides is 4. The fraction of sp³-hybridized carbons (Fsp3) is 0.458. The number of rotatable bonds is 12. The van der Waals surface area contributed by atoms with Crippen molar-refractivity contribution in [2.45, 2.75) is 68.8 Å². The number of carbonyl (C=O) groups excluding carboxylic acids is 4. The Morgan fingerprint density at radius 2 is 1.87 bits per heavy atom. The van der Waals surface area contributed by atoms with E-state index >= 15 is 0 Å². The molecule has 13 nitrogen and oxygen atoms in total. The molecule has 4 amide bonds. The maximum absolute atomic E-state index is 13.2. The van der Waals surface area contributed by atoms with Crippen LogP contribution in [0.3, 0.4) is 0 Å². The second-order valence-corrected chi connectivity index (χ2v) is 11.3. The number of aryl methyl sites for hydroxylation is 2. The zero-order valence-corrected chi connectivity index (χ0v) is 21.3. The molecule has 0 aliphatic carbocycles. The van der Waals surface area contributed by atoms with Gasteiger partial charge in [-0.15, -0.1) is 5.10 Å². The Balaban J connectivity index is 1.34. The van der Waals surface area contributed by atoms with Gasteiger partial charge in [0.05, 0.1) is 27.5 Å². The van der Waals surface area contributed by atoms with Crippen molar-refractivity contribution < 1.29 is 37.5 Å². The van der Waals surface area contributed by atoms with Crippen molar-refractivity contribution in [1.29, 1.82) is 0 Å². The molecule has 2 aromatic rings. The standard InChI is InChI=1S/C24H27N5O8S/c30-19-11-10-17(22(33)25-19)29-23(34)16-7-5-8-18(21(16)24(29)35)38(36,37)13-3-1-2-12-28-14-15(26-27-28)6-4-9-20(31)32/h5,7-8,14,17H,1-4,6,9-13H2,(H,31,32)(H,25,30,33). The molecule has 1 aromatic heterocycles. The second kappa shape index (κ2) is 11.2. The number of nitrogens with zero attached hydrogens (tertiary/aromatic N) is 4. The van der Waals surface area contributed by atoms with E-state index in [2.05, 4.69) is 15.6 Å². The molecule has 1 aromatic carbocycles. The molecule has 0 radical (unpaired) electrons. The summed E-state index contributed by atoms with van der Waals surface area (Å²) >= 11 is 0. The van der Waals surface area contributed by atoms with Crippen LogP contribution in [-0.4, -0.2) is 74.8 Å². The van der Waals surface area contributed by atoms with Crippen LogP contribution in [0.1, 0.15) is 71.4 Å². The summed E-state index contributed by atoms with van der Waals surface area (Å²) in [4.78, 5) is 60.9. The molecule has 1 atom stereocenters. The predicted octanol–water partition coefficient (Wildman–Crippen LogP) is 0.731. The van der Waals surface area contributed by atoms with Crippen molar-refractivity contribution in [3.05, 3.63) is 41.2 Å². The smallest absolute Gasteiger partial charge is 0.303 e. The monoisotopic (exact) mass is 545 g/mol. The maximum Gasteiger partial charge on any atom is 0.303 e. The summed E-state index contributed by atoms with van der Waals surface area (Å²) in [5, 5.41) is 18.8. The van der Waals surface area contributed by atoms with Gasteiger partial charge in [0.2, 0.25) is 11.8 Å². The number of sulfone groups is 1.